The number of hydrogen-bond donors (Lipinski definition) is 1. The summed E-state index contributed by atoms with van der Waals surface area (Å²) >= 11 is 0. The maximum Gasteiger partial charge on any atom is 0.323 e. The largest absolute Gasteiger partial charge is 0.497 e. The summed E-state index contributed by atoms with van der Waals surface area (Å²) in [7, 11) is 3.19. The smallest absolute Gasteiger partial charge is 0.323 e. The fraction of sp³-hybridized carbons (Fsp3) is 0.233. The molecule has 1 N–H and O–H groups in total. The number of nitrogens with one attached hydrogen (secondary N) is 1. The van der Waals surface area contributed by atoms with Crippen LogP contribution in [0.2, 0.25) is 0 Å². The maximum atomic E-state index is 14.0. The van der Waals surface area contributed by atoms with Crippen molar-refractivity contribution in [3.8, 4) is 17.2 Å². The molecule has 1 aliphatic heterocycles. The SMILES string of the molecule is COc1ccc(OC)c(NC(=O)N2Cc3ccccc3-n3cccc3C2c2ccc(C(C)C)cc2)c1. The van der Waals surface area contributed by atoms with Crippen molar-refractivity contribution in [2.24, 2.45) is 0 Å². The van der Waals surface area contributed by atoms with Crippen molar-refractivity contribution in [2.45, 2.75) is 32.4 Å². The monoisotopic (exact) mass is 481 g/mol. The lowest BCUT2D eigenvalue weighted by Gasteiger charge is -2.31. The van der Waals surface area contributed by atoms with Gasteiger partial charge in [-0.2, -0.15) is 0 Å². The van der Waals surface area contributed by atoms with Crippen LogP contribution in [0.1, 0.15) is 48.2 Å². The Morgan fingerprint density at radius 1 is 0.944 bits per heavy atom. The topological polar surface area (TPSA) is 55.7 Å². The number of carbonyl (C=O) groups is 1. The van der Waals surface area contributed by atoms with Crippen LogP contribution >= 0.6 is 0 Å². The lowest BCUT2D eigenvalue weighted by molar-refractivity contribution is 0.194. The maximum absolute atomic E-state index is 14.0. The molecule has 1 unspecified atom stereocenters. The number of benzene rings is 3. The van der Waals surface area contributed by atoms with Gasteiger partial charge in [-0.25, -0.2) is 4.79 Å². The minimum atomic E-state index is -0.287. The van der Waals surface area contributed by atoms with Crippen LogP contribution in [0.15, 0.2) is 85.1 Å². The first-order valence-electron chi connectivity index (χ1n) is 12.1. The van der Waals surface area contributed by atoms with Crippen LogP contribution in [0.3, 0.4) is 0 Å². The van der Waals surface area contributed by atoms with Gasteiger partial charge < -0.3 is 24.3 Å². The Morgan fingerprint density at radius 3 is 2.44 bits per heavy atom. The van der Waals surface area contributed by atoms with E-state index in [1.54, 1.807) is 26.4 Å². The van der Waals surface area contributed by atoms with Gasteiger partial charge in [-0.3, -0.25) is 0 Å². The highest BCUT2D eigenvalue weighted by molar-refractivity contribution is 5.92. The second kappa shape index (κ2) is 9.82. The zero-order valence-electron chi connectivity index (χ0n) is 21.1. The first-order chi connectivity index (χ1) is 17.5. The molecule has 2 heterocycles. The lowest BCUT2D eigenvalue weighted by Crippen LogP contribution is -2.38. The van der Waals surface area contributed by atoms with Crippen LogP contribution in [0.5, 0.6) is 11.5 Å². The standard InChI is InChI=1S/C30H31N3O3/c1-20(2)21-11-13-22(14-12-21)29-27-10-7-17-32(27)26-9-6-5-8-23(26)19-33(29)30(34)31-25-18-24(35-3)15-16-28(25)36-4/h5-18,20,29H,19H2,1-4H3,(H,31,34). The molecule has 0 bridgehead atoms. The van der Waals surface area contributed by atoms with E-state index in [0.29, 0.717) is 29.6 Å². The van der Waals surface area contributed by atoms with Crippen molar-refractivity contribution in [3.63, 3.8) is 0 Å². The molecule has 3 aromatic carbocycles. The van der Waals surface area contributed by atoms with Crippen LogP contribution < -0.4 is 14.8 Å². The Labute approximate surface area is 212 Å². The summed E-state index contributed by atoms with van der Waals surface area (Å²) in [5.74, 6) is 1.64. The van der Waals surface area contributed by atoms with Crippen molar-refractivity contribution >= 4 is 11.7 Å². The fourth-order valence-corrected chi connectivity index (χ4v) is 4.85. The number of methoxy groups -OCH3 is 2. The van der Waals surface area contributed by atoms with Gasteiger partial charge in [-0.15, -0.1) is 0 Å². The molecular weight excluding hydrogens is 450 g/mol. The van der Waals surface area contributed by atoms with E-state index in [4.69, 9.17) is 9.47 Å². The number of ether oxygens (including phenoxy) is 2. The van der Waals surface area contributed by atoms with E-state index in [2.05, 4.69) is 72.4 Å². The van der Waals surface area contributed by atoms with Gasteiger partial charge in [0.15, 0.2) is 0 Å². The van der Waals surface area contributed by atoms with E-state index in [9.17, 15) is 4.79 Å². The van der Waals surface area contributed by atoms with Gasteiger partial charge in [0.2, 0.25) is 0 Å². The van der Waals surface area contributed by atoms with Gasteiger partial charge >= 0.3 is 6.03 Å². The summed E-state index contributed by atoms with van der Waals surface area (Å²) < 4.78 is 13.1. The van der Waals surface area contributed by atoms with Crippen molar-refractivity contribution in [1.29, 1.82) is 0 Å². The summed E-state index contributed by atoms with van der Waals surface area (Å²) in [6.07, 6.45) is 2.07. The highest BCUT2D eigenvalue weighted by atomic mass is 16.5. The molecule has 0 saturated heterocycles. The molecule has 184 valence electrons. The van der Waals surface area contributed by atoms with Crippen LogP contribution in [0, 0.1) is 0 Å². The Bertz CT molecular complexity index is 1370. The summed E-state index contributed by atoms with van der Waals surface area (Å²) in [6, 6.07) is 25.8. The average molecular weight is 482 g/mol. The highest BCUT2D eigenvalue weighted by Crippen LogP contribution is 2.38. The Morgan fingerprint density at radius 2 is 1.72 bits per heavy atom. The highest BCUT2D eigenvalue weighted by Gasteiger charge is 2.33. The first kappa shape index (κ1) is 23.5. The number of hydrogen-bond acceptors (Lipinski definition) is 3. The number of nitrogens with zero attached hydrogens (tertiary/aromatic N) is 2. The molecular formula is C30H31N3O3. The van der Waals surface area contributed by atoms with E-state index < -0.39 is 0 Å². The Balaban J connectivity index is 1.61. The quantitative estimate of drug-likeness (QED) is 0.343. The van der Waals surface area contributed by atoms with Crippen LogP contribution in [0.4, 0.5) is 10.5 Å². The number of urea groups is 1. The molecule has 6 heteroatoms. The van der Waals surface area contributed by atoms with E-state index >= 15 is 0 Å². The van der Waals surface area contributed by atoms with Gasteiger partial charge in [-0.05, 0) is 52.9 Å². The number of para-hydroxylation sites is 1. The Hall–Kier alpha value is -4.19. The van der Waals surface area contributed by atoms with Crippen molar-refractivity contribution in [1.82, 2.24) is 9.47 Å². The molecule has 1 aromatic heterocycles. The van der Waals surface area contributed by atoms with Gasteiger partial charge in [-0.1, -0.05) is 56.3 Å². The first-order valence-corrected chi connectivity index (χ1v) is 12.1. The third-order valence-electron chi connectivity index (χ3n) is 6.79. The molecule has 0 aliphatic carbocycles. The van der Waals surface area contributed by atoms with Crippen molar-refractivity contribution < 1.29 is 14.3 Å². The fourth-order valence-electron chi connectivity index (χ4n) is 4.85. The Kier molecular flexibility index (Phi) is 6.42. The van der Waals surface area contributed by atoms with Gasteiger partial charge in [0, 0.05) is 18.0 Å². The number of amides is 2. The number of anilines is 1. The van der Waals surface area contributed by atoms with Gasteiger partial charge in [0.25, 0.3) is 0 Å². The van der Waals surface area contributed by atoms with Crippen molar-refractivity contribution in [2.75, 3.05) is 19.5 Å². The van der Waals surface area contributed by atoms with Crippen LogP contribution in [-0.4, -0.2) is 29.7 Å². The predicted octanol–water partition coefficient (Wildman–Crippen LogP) is 6.76. The van der Waals surface area contributed by atoms with Gasteiger partial charge in [0.05, 0.1) is 38.2 Å². The van der Waals surface area contributed by atoms with E-state index in [1.165, 1.54) is 5.56 Å². The predicted molar refractivity (Wildman–Crippen MR) is 142 cm³/mol. The zero-order valence-corrected chi connectivity index (χ0v) is 21.1. The second-order valence-corrected chi connectivity index (χ2v) is 9.28. The third-order valence-corrected chi connectivity index (χ3v) is 6.79. The molecule has 1 atom stereocenters. The molecule has 2 amide bonds. The van der Waals surface area contributed by atoms with Gasteiger partial charge in [0.1, 0.15) is 11.5 Å². The number of carbonyl (C=O) groups excluding carboxylic acids is 1. The molecule has 5 rings (SSSR count). The molecule has 36 heavy (non-hydrogen) atoms. The minimum absolute atomic E-state index is 0.219. The van der Waals surface area contributed by atoms with E-state index in [0.717, 1.165) is 22.5 Å². The third kappa shape index (κ3) is 4.31. The van der Waals surface area contributed by atoms with Crippen molar-refractivity contribution in [3.05, 3.63) is 107 Å². The summed E-state index contributed by atoms with van der Waals surface area (Å²) in [5.41, 5.74) is 6.07. The minimum Gasteiger partial charge on any atom is -0.497 e. The van der Waals surface area contributed by atoms with Crippen LogP contribution in [-0.2, 0) is 6.54 Å². The molecule has 1 aliphatic rings. The van der Waals surface area contributed by atoms with E-state index in [-0.39, 0.29) is 12.1 Å². The molecule has 0 spiro atoms. The second-order valence-electron chi connectivity index (χ2n) is 9.28. The average Bonchev–Trinajstić information content (AvgIpc) is 3.33. The van der Waals surface area contributed by atoms with Crippen LogP contribution in [0.25, 0.3) is 5.69 Å². The number of rotatable bonds is 5. The normalized spacial score (nSPS) is 14.6. The lowest BCUT2D eigenvalue weighted by atomic mass is 9.97. The molecule has 6 nitrogen and oxygen atoms in total. The van der Waals surface area contributed by atoms with E-state index in [1.807, 2.05) is 29.2 Å². The number of fused-ring (bicyclic) bond motifs is 3. The molecule has 0 fully saturated rings. The molecule has 0 radical (unpaired) electrons. The summed E-state index contributed by atoms with van der Waals surface area (Å²) in [5, 5.41) is 3.09. The zero-order chi connectivity index (χ0) is 25.2. The summed E-state index contributed by atoms with van der Waals surface area (Å²) in [4.78, 5) is 15.9. The molecule has 4 aromatic rings. The number of aromatic nitrogens is 1. The summed E-state index contributed by atoms with van der Waals surface area (Å²) in [6.45, 7) is 4.82. The molecule has 0 saturated carbocycles.